The number of nitrogens with zero attached hydrogens (tertiary/aromatic N) is 1. The van der Waals surface area contributed by atoms with Crippen LogP contribution < -0.4 is 16.0 Å². The van der Waals surface area contributed by atoms with Crippen molar-refractivity contribution < 1.29 is 9.90 Å². The molecule has 6 heteroatoms. The Kier molecular flexibility index (Phi) is 6.96. The number of aliphatic imine (C=N–C) groups is 1. The molecule has 148 valence electrons. The fraction of sp³-hybridized carbons (Fsp3) is 0.619. The Hall–Kier alpha value is -2.24. The highest BCUT2D eigenvalue weighted by Crippen LogP contribution is 2.26. The molecule has 1 aromatic carbocycles. The molecule has 0 saturated heterocycles. The normalized spacial score (nSPS) is 22.9. The lowest BCUT2D eigenvalue weighted by atomic mass is 9.85. The second-order valence-corrected chi connectivity index (χ2v) is 7.76. The van der Waals surface area contributed by atoms with Gasteiger partial charge in [-0.15, -0.1) is 0 Å². The summed E-state index contributed by atoms with van der Waals surface area (Å²) in [6.07, 6.45) is 8.27. The third-order valence-corrected chi connectivity index (χ3v) is 5.40. The van der Waals surface area contributed by atoms with Crippen molar-refractivity contribution in [3.05, 3.63) is 29.8 Å². The highest BCUT2D eigenvalue weighted by atomic mass is 16.3. The van der Waals surface area contributed by atoms with Gasteiger partial charge in [-0.05, 0) is 62.6 Å². The van der Waals surface area contributed by atoms with Crippen molar-refractivity contribution in [3.63, 3.8) is 0 Å². The van der Waals surface area contributed by atoms with Crippen LogP contribution in [0.5, 0.6) is 5.75 Å². The molecule has 2 saturated carbocycles. The average molecular weight is 373 g/mol. The van der Waals surface area contributed by atoms with Crippen LogP contribution >= 0.6 is 0 Å². The van der Waals surface area contributed by atoms with Crippen molar-refractivity contribution in [2.75, 3.05) is 13.6 Å². The SMILES string of the molecule is CN=C(NCCCc1ccc(O)cc1)NC1CCCC(C(=O)NC2CC2)C1. The monoisotopic (exact) mass is 372 g/mol. The Morgan fingerprint density at radius 3 is 2.59 bits per heavy atom. The molecule has 0 aliphatic heterocycles. The number of phenolic OH excluding ortho intramolecular Hbond substituents is 1. The summed E-state index contributed by atoms with van der Waals surface area (Å²) in [6.45, 7) is 0.832. The molecule has 2 aliphatic carbocycles. The Morgan fingerprint density at radius 2 is 1.89 bits per heavy atom. The molecule has 0 heterocycles. The smallest absolute Gasteiger partial charge is 0.223 e. The average Bonchev–Trinajstić information content (AvgIpc) is 3.50. The first-order chi connectivity index (χ1) is 13.1. The number of phenols is 1. The largest absolute Gasteiger partial charge is 0.508 e. The predicted octanol–water partition coefficient (Wildman–Crippen LogP) is 2.33. The second-order valence-electron chi connectivity index (χ2n) is 7.76. The maximum atomic E-state index is 12.3. The summed E-state index contributed by atoms with van der Waals surface area (Å²) in [4.78, 5) is 16.6. The maximum Gasteiger partial charge on any atom is 0.223 e. The number of aromatic hydroxyl groups is 1. The van der Waals surface area contributed by atoms with Crippen molar-refractivity contribution in [2.24, 2.45) is 10.9 Å². The van der Waals surface area contributed by atoms with E-state index in [0.717, 1.165) is 63.9 Å². The van der Waals surface area contributed by atoms with Gasteiger partial charge in [-0.1, -0.05) is 18.6 Å². The molecule has 4 N–H and O–H groups in total. The van der Waals surface area contributed by atoms with Crippen LogP contribution in [0.15, 0.2) is 29.3 Å². The molecule has 0 spiro atoms. The number of aryl methyl sites for hydroxylation is 1. The lowest BCUT2D eigenvalue weighted by molar-refractivity contribution is -0.126. The van der Waals surface area contributed by atoms with E-state index >= 15 is 0 Å². The number of benzene rings is 1. The van der Waals surface area contributed by atoms with Crippen LogP contribution in [-0.2, 0) is 11.2 Å². The van der Waals surface area contributed by atoms with Gasteiger partial charge in [0, 0.05) is 31.6 Å². The molecule has 1 amide bonds. The van der Waals surface area contributed by atoms with Gasteiger partial charge in [0.25, 0.3) is 0 Å². The van der Waals surface area contributed by atoms with Crippen LogP contribution in [0.3, 0.4) is 0 Å². The van der Waals surface area contributed by atoms with Crippen molar-refractivity contribution >= 4 is 11.9 Å². The molecular weight excluding hydrogens is 340 g/mol. The summed E-state index contributed by atoms with van der Waals surface area (Å²) in [5.41, 5.74) is 1.22. The Bertz CT molecular complexity index is 640. The number of nitrogens with one attached hydrogen (secondary N) is 3. The van der Waals surface area contributed by atoms with Gasteiger partial charge in [0.05, 0.1) is 0 Å². The van der Waals surface area contributed by atoms with E-state index in [2.05, 4.69) is 20.9 Å². The molecule has 27 heavy (non-hydrogen) atoms. The lowest BCUT2D eigenvalue weighted by Gasteiger charge is -2.30. The molecule has 2 aliphatic rings. The van der Waals surface area contributed by atoms with E-state index < -0.39 is 0 Å². The minimum Gasteiger partial charge on any atom is -0.508 e. The van der Waals surface area contributed by atoms with Crippen molar-refractivity contribution in [3.8, 4) is 5.75 Å². The molecule has 1 aromatic rings. The van der Waals surface area contributed by atoms with Gasteiger partial charge in [0.2, 0.25) is 5.91 Å². The first kappa shape index (κ1) is 19.5. The van der Waals surface area contributed by atoms with Crippen LogP contribution in [-0.4, -0.2) is 42.6 Å². The third-order valence-electron chi connectivity index (χ3n) is 5.40. The number of carbonyl (C=O) groups is 1. The zero-order chi connectivity index (χ0) is 19.1. The van der Waals surface area contributed by atoms with Crippen LogP contribution in [0.1, 0.15) is 50.5 Å². The Labute approximate surface area is 161 Å². The number of rotatable bonds is 7. The third kappa shape index (κ3) is 6.45. The lowest BCUT2D eigenvalue weighted by Crippen LogP contribution is -2.47. The first-order valence-electron chi connectivity index (χ1n) is 10.2. The summed E-state index contributed by atoms with van der Waals surface area (Å²) < 4.78 is 0. The predicted molar refractivity (Wildman–Crippen MR) is 108 cm³/mol. The molecule has 0 aromatic heterocycles. The molecule has 0 bridgehead atoms. The molecule has 6 nitrogen and oxygen atoms in total. The number of carbonyl (C=O) groups excluding carboxylic acids is 1. The van der Waals surface area contributed by atoms with Crippen molar-refractivity contribution in [2.45, 2.75) is 63.5 Å². The van der Waals surface area contributed by atoms with E-state index in [9.17, 15) is 9.90 Å². The van der Waals surface area contributed by atoms with E-state index in [1.807, 2.05) is 12.1 Å². The van der Waals surface area contributed by atoms with Gasteiger partial charge >= 0.3 is 0 Å². The number of hydrogen-bond donors (Lipinski definition) is 4. The van der Waals surface area contributed by atoms with Crippen LogP contribution in [0, 0.1) is 5.92 Å². The van der Waals surface area contributed by atoms with Crippen molar-refractivity contribution in [1.29, 1.82) is 0 Å². The zero-order valence-corrected chi connectivity index (χ0v) is 16.2. The second kappa shape index (κ2) is 9.62. The van der Waals surface area contributed by atoms with Gasteiger partial charge in [-0.3, -0.25) is 9.79 Å². The van der Waals surface area contributed by atoms with Gasteiger partial charge in [0.15, 0.2) is 5.96 Å². The van der Waals surface area contributed by atoms with Crippen LogP contribution in [0.2, 0.25) is 0 Å². The van der Waals surface area contributed by atoms with E-state index in [1.165, 1.54) is 5.56 Å². The summed E-state index contributed by atoms with van der Waals surface area (Å²) in [7, 11) is 1.79. The minimum atomic E-state index is 0.129. The molecule has 3 rings (SSSR count). The maximum absolute atomic E-state index is 12.3. The Morgan fingerprint density at radius 1 is 1.11 bits per heavy atom. The number of guanidine groups is 1. The molecule has 2 unspecified atom stereocenters. The summed E-state index contributed by atoms with van der Waals surface area (Å²) in [5.74, 6) is 1.48. The van der Waals surface area contributed by atoms with Crippen molar-refractivity contribution in [1.82, 2.24) is 16.0 Å². The molecule has 2 fully saturated rings. The minimum absolute atomic E-state index is 0.129. The number of amides is 1. The summed E-state index contributed by atoms with van der Waals surface area (Å²) >= 11 is 0. The molecular formula is C21H32N4O2. The van der Waals surface area contributed by atoms with Gasteiger partial charge in [-0.2, -0.15) is 0 Å². The van der Waals surface area contributed by atoms with Gasteiger partial charge < -0.3 is 21.1 Å². The summed E-state index contributed by atoms with van der Waals surface area (Å²) in [6, 6.07) is 8.10. The number of hydrogen-bond acceptors (Lipinski definition) is 3. The quantitative estimate of drug-likeness (QED) is 0.336. The topological polar surface area (TPSA) is 85.8 Å². The fourth-order valence-electron chi connectivity index (χ4n) is 3.66. The van der Waals surface area contributed by atoms with Crippen LogP contribution in [0.25, 0.3) is 0 Å². The van der Waals surface area contributed by atoms with Gasteiger partial charge in [0.1, 0.15) is 5.75 Å². The summed E-state index contributed by atoms with van der Waals surface area (Å²) in [5, 5.41) is 19.3. The Balaban J connectivity index is 1.37. The molecule has 0 radical (unpaired) electrons. The van der Waals surface area contributed by atoms with E-state index in [-0.39, 0.29) is 11.8 Å². The van der Waals surface area contributed by atoms with Crippen LogP contribution in [0.4, 0.5) is 0 Å². The van der Waals surface area contributed by atoms with E-state index in [0.29, 0.717) is 17.8 Å². The highest BCUT2D eigenvalue weighted by molar-refractivity contribution is 5.81. The highest BCUT2D eigenvalue weighted by Gasteiger charge is 2.31. The van der Waals surface area contributed by atoms with E-state index in [1.54, 1.807) is 19.2 Å². The standard InChI is InChI=1S/C21H32N4O2/c1-22-21(23-13-3-4-15-7-11-19(26)12-8-15)25-18-6-2-5-16(14-18)20(27)24-17-9-10-17/h7-8,11-12,16-18,26H,2-6,9-10,13-14H2,1H3,(H,24,27)(H2,22,23,25). The van der Waals surface area contributed by atoms with E-state index in [4.69, 9.17) is 0 Å². The van der Waals surface area contributed by atoms with Gasteiger partial charge in [-0.25, -0.2) is 0 Å². The fourth-order valence-corrected chi connectivity index (χ4v) is 3.66. The first-order valence-corrected chi connectivity index (χ1v) is 10.2. The molecule has 2 atom stereocenters. The zero-order valence-electron chi connectivity index (χ0n) is 16.2.